The molecule has 0 bridgehead atoms. The molecule has 0 aliphatic heterocycles. The number of aliphatic hydroxyl groups excluding tert-OH is 1. The van der Waals surface area contributed by atoms with Crippen LogP contribution in [0.1, 0.15) is 16.5 Å². The van der Waals surface area contributed by atoms with Crippen molar-refractivity contribution in [2.24, 2.45) is 0 Å². The van der Waals surface area contributed by atoms with Crippen LogP contribution in [-0.2, 0) is 6.42 Å². The normalized spacial score (nSPS) is 12.8. The van der Waals surface area contributed by atoms with Crippen molar-refractivity contribution in [3.63, 3.8) is 0 Å². The van der Waals surface area contributed by atoms with Gasteiger partial charge >= 0.3 is 0 Å². The Morgan fingerprint density at radius 2 is 2.10 bits per heavy atom. The van der Waals surface area contributed by atoms with Gasteiger partial charge in [-0.15, -0.1) is 11.3 Å². The summed E-state index contributed by atoms with van der Waals surface area (Å²) < 4.78 is 26.6. The number of hydrogen-bond acceptors (Lipinski definition) is 3. The molecule has 108 valence electrons. The monoisotopic (exact) mass is 297 g/mol. The summed E-state index contributed by atoms with van der Waals surface area (Å²) >= 11 is 1.69. The minimum absolute atomic E-state index is 0.00738. The SMILES string of the molecule is CN(CCc1cccs1)CC(O)c1cc(F)ccc1F. The standard InChI is InChI=1S/C15H17F2NOS/c1-18(7-6-12-3-2-8-20-12)10-15(19)13-9-11(16)4-5-14(13)17/h2-5,8-9,15,19H,6-7,10H2,1H3. The fourth-order valence-electron chi connectivity index (χ4n) is 2.01. The van der Waals surface area contributed by atoms with E-state index in [9.17, 15) is 13.9 Å². The van der Waals surface area contributed by atoms with Gasteiger partial charge in [-0.05, 0) is 43.1 Å². The molecule has 0 saturated heterocycles. The average Bonchev–Trinajstić information content (AvgIpc) is 2.92. The van der Waals surface area contributed by atoms with Gasteiger partial charge in [-0.1, -0.05) is 6.07 Å². The molecule has 0 spiro atoms. The predicted octanol–water partition coefficient (Wildman–Crippen LogP) is 3.23. The summed E-state index contributed by atoms with van der Waals surface area (Å²) in [6.07, 6.45) is -0.147. The van der Waals surface area contributed by atoms with Crippen molar-refractivity contribution in [3.05, 3.63) is 57.8 Å². The second-order valence-electron chi connectivity index (χ2n) is 4.77. The first kappa shape index (κ1) is 15.1. The smallest absolute Gasteiger partial charge is 0.129 e. The van der Waals surface area contributed by atoms with E-state index in [0.717, 1.165) is 31.2 Å². The quantitative estimate of drug-likeness (QED) is 0.885. The Kier molecular flexibility index (Phi) is 5.23. The van der Waals surface area contributed by atoms with Gasteiger partial charge in [0.2, 0.25) is 0 Å². The van der Waals surface area contributed by atoms with Gasteiger partial charge in [0.15, 0.2) is 0 Å². The van der Waals surface area contributed by atoms with Gasteiger partial charge in [-0.25, -0.2) is 8.78 Å². The van der Waals surface area contributed by atoms with Crippen LogP contribution in [0.15, 0.2) is 35.7 Å². The lowest BCUT2D eigenvalue weighted by molar-refractivity contribution is 0.123. The van der Waals surface area contributed by atoms with Gasteiger partial charge in [0.05, 0.1) is 6.10 Å². The highest BCUT2D eigenvalue weighted by Gasteiger charge is 2.15. The molecule has 0 radical (unpaired) electrons. The van der Waals surface area contributed by atoms with Gasteiger partial charge < -0.3 is 10.0 Å². The van der Waals surface area contributed by atoms with Crippen LogP contribution < -0.4 is 0 Å². The molecule has 2 nitrogen and oxygen atoms in total. The predicted molar refractivity (Wildman–Crippen MR) is 76.8 cm³/mol. The molecule has 1 N–H and O–H groups in total. The Morgan fingerprint density at radius 3 is 2.80 bits per heavy atom. The number of likely N-dealkylation sites (N-methyl/N-ethyl adjacent to an activating group) is 1. The van der Waals surface area contributed by atoms with E-state index in [2.05, 4.69) is 6.07 Å². The molecule has 20 heavy (non-hydrogen) atoms. The first-order chi connectivity index (χ1) is 9.56. The zero-order valence-corrected chi connectivity index (χ0v) is 12.0. The van der Waals surface area contributed by atoms with E-state index in [1.165, 1.54) is 4.88 Å². The molecule has 1 unspecified atom stereocenters. The second-order valence-corrected chi connectivity index (χ2v) is 5.81. The van der Waals surface area contributed by atoms with Gasteiger partial charge in [0, 0.05) is 23.5 Å². The molecule has 0 aliphatic rings. The topological polar surface area (TPSA) is 23.5 Å². The fraction of sp³-hybridized carbons (Fsp3) is 0.333. The molecular weight excluding hydrogens is 280 g/mol. The molecule has 0 aliphatic carbocycles. The van der Waals surface area contributed by atoms with Crippen LogP contribution in [-0.4, -0.2) is 30.1 Å². The first-order valence-electron chi connectivity index (χ1n) is 6.40. The maximum atomic E-state index is 13.5. The number of nitrogens with zero attached hydrogens (tertiary/aromatic N) is 1. The largest absolute Gasteiger partial charge is 0.387 e. The van der Waals surface area contributed by atoms with Crippen LogP contribution in [0.25, 0.3) is 0 Å². The highest BCUT2D eigenvalue weighted by atomic mass is 32.1. The van der Waals surface area contributed by atoms with Crippen LogP contribution in [0.5, 0.6) is 0 Å². The Bertz CT molecular complexity index is 545. The third-order valence-corrected chi connectivity index (χ3v) is 4.06. The Balaban J connectivity index is 1.89. The van der Waals surface area contributed by atoms with Crippen LogP contribution >= 0.6 is 11.3 Å². The Hall–Kier alpha value is -1.30. The highest BCUT2D eigenvalue weighted by molar-refractivity contribution is 7.09. The molecular formula is C15H17F2NOS. The van der Waals surface area contributed by atoms with Crippen molar-refractivity contribution in [2.45, 2.75) is 12.5 Å². The van der Waals surface area contributed by atoms with Crippen LogP contribution in [0.2, 0.25) is 0 Å². The van der Waals surface area contributed by atoms with E-state index in [1.54, 1.807) is 11.3 Å². The van der Waals surface area contributed by atoms with E-state index in [0.29, 0.717) is 0 Å². The van der Waals surface area contributed by atoms with Crippen LogP contribution in [0.3, 0.4) is 0 Å². The van der Waals surface area contributed by atoms with Crippen molar-refractivity contribution < 1.29 is 13.9 Å². The summed E-state index contributed by atoms with van der Waals surface area (Å²) in [6.45, 7) is 1.03. The summed E-state index contributed by atoms with van der Waals surface area (Å²) in [7, 11) is 1.86. The minimum Gasteiger partial charge on any atom is -0.387 e. The van der Waals surface area contributed by atoms with E-state index in [1.807, 2.05) is 23.4 Å². The number of hydrogen-bond donors (Lipinski definition) is 1. The molecule has 0 amide bonds. The number of rotatable bonds is 6. The van der Waals surface area contributed by atoms with Crippen molar-refractivity contribution in [1.29, 1.82) is 0 Å². The van der Waals surface area contributed by atoms with E-state index < -0.39 is 17.7 Å². The lowest BCUT2D eigenvalue weighted by atomic mass is 10.1. The molecule has 1 heterocycles. The summed E-state index contributed by atoms with van der Waals surface area (Å²) in [5, 5.41) is 12.0. The Labute approximate surface area is 121 Å². The number of aliphatic hydroxyl groups is 1. The number of halogens is 2. The zero-order chi connectivity index (χ0) is 14.5. The lowest BCUT2D eigenvalue weighted by Crippen LogP contribution is -2.27. The summed E-state index contributed by atoms with van der Waals surface area (Å²) in [5.41, 5.74) is 0.00738. The molecule has 1 atom stereocenters. The van der Waals surface area contributed by atoms with Gasteiger partial charge in [0.1, 0.15) is 11.6 Å². The number of thiophene rings is 1. The second kappa shape index (κ2) is 6.92. The van der Waals surface area contributed by atoms with Gasteiger partial charge in [-0.3, -0.25) is 0 Å². The molecule has 0 saturated carbocycles. The average molecular weight is 297 g/mol. The molecule has 2 rings (SSSR count). The number of benzene rings is 1. The van der Waals surface area contributed by atoms with Gasteiger partial charge in [-0.2, -0.15) is 0 Å². The summed E-state index contributed by atoms with van der Waals surface area (Å²) in [5.74, 6) is -1.12. The lowest BCUT2D eigenvalue weighted by Gasteiger charge is -2.20. The van der Waals surface area contributed by atoms with Crippen molar-refractivity contribution in [3.8, 4) is 0 Å². The van der Waals surface area contributed by atoms with E-state index in [4.69, 9.17) is 0 Å². The molecule has 5 heteroatoms. The van der Waals surface area contributed by atoms with E-state index in [-0.39, 0.29) is 12.1 Å². The molecule has 2 aromatic rings. The minimum atomic E-state index is -1.03. The summed E-state index contributed by atoms with van der Waals surface area (Å²) in [6, 6.07) is 7.19. The third kappa shape index (κ3) is 4.10. The maximum Gasteiger partial charge on any atom is 0.129 e. The van der Waals surface area contributed by atoms with Crippen LogP contribution in [0, 0.1) is 11.6 Å². The summed E-state index contributed by atoms with van der Waals surface area (Å²) in [4.78, 5) is 3.18. The third-order valence-electron chi connectivity index (χ3n) is 3.12. The van der Waals surface area contributed by atoms with Crippen molar-refractivity contribution in [2.75, 3.05) is 20.1 Å². The van der Waals surface area contributed by atoms with Crippen molar-refractivity contribution in [1.82, 2.24) is 4.90 Å². The molecule has 1 aromatic carbocycles. The molecule has 0 fully saturated rings. The van der Waals surface area contributed by atoms with Crippen molar-refractivity contribution >= 4 is 11.3 Å². The van der Waals surface area contributed by atoms with Gasteiger partial charge in [0.25, 0.3) is 0 Å². The van der Waals surface area contributed by atoms with E-state index >= 15 is 0 Å². The zero-order valence-electron chi connectivity index (χ0n) is 11.2. The van der Waals surface area contributed by atoms with Crippen LogP contribution in [0.4, 0.5) is 8.78 Å². The first-order valence-corrected chi connectivity index (χ1v) is 7.28. The fourth-order valence-corrected chi connectivity index (χ4v) is 2.71. The maximum absolute atomic E-state index is 13.5. The Morgan fingerprint density at radius 1 is 1.30 bits per heavy atom. The highest BCUT2D eigenvalue weighted by Crippen LogP contribution is 2.19. The molecule has 1 aromatic heterocycles.